The van der Waals surface area contributed by atoms with Crippen LogP contribution in [0.2, 0.25) is 0 Å². The first-order valence-corrected chi connectivity index (χ1v) is 6.15. The van der Waals surface area contributed by atoms with Gasteiger partial charge in [0.05, 0.1) is 6.10 Å². The highest BCUT2D eigenvalue weighted by Crippen LogP contribution is 2.31. The maximum atomic E-state index is 13.5. The molecule has 2 nitrogen and oxygen atoms in total. The molecule has 19 heavy (non-hydrogen) atoms. The van der Waals surface area contributed by atoms with Gasteiger partial charge in [0, 0.05) is 0 Å². The molecule has 3 rings (SSSR count). The maximum absolute atomic E-state index is 13.5. The number of nitrogens with two attached hydrogens (primary N) is 1. The van der Waals surface area contributed by atoms with Crippen LogP contribution < -0.4 is 10.5 Å². The van der Waals surface area contributed by atoms with Crippen LogP contribution in [0.5, 0.6) is 5.75 Å². The molecular formula is C15H13F2NO. The second kappa shape index (κ2) is 4.53. The number of halogens is 2. The van der Waals surface area contributed by atoms with Crippen LogP contribution in [-0.2, 0) is 0 Å². The third kappa shape index (κ3) is 2.52. The van der Waals surface area contributed by atoms with Gasteiger partial charge in [0.25, 0.3) is 0 Å². The molecular weight excluding hydrogens is 248 g/mol. The average Bonchev–Trinajstić information content (AvgIpc) is 3.19. The van der Waals surface area contributed by atoms with E-state index in [1.807, 2.05) is 6.07 Å². The molecule has 4 heteroatoms. The van der Waals surface area contributed by atoms with Crippen LogP contribution in [0.3, 0.4) is 0 Å². The summed E-state index contributed by atoms with van der Waals surface area (Å²) in [7, 11) is 0. The molecule has 0 saturated heterocycles. The second-order valence-corrected chi connectivity index (χ2v) is 4.70. The lowest BCUT2D eigenvalue weighted by Crippen LogP contribution is -1.97. The van der Waals surface area contributed by atoms with Crippen molar-refractivity contribution < 1.29 is 13.5 Å². The Kier molecular flexibility index (Phi) is 2.85. The van der Waals surface area contributed by atoms with E-state index in [4.69, 9.17) is 10.5 Å². The minimum Gasteiger partial charge on any atom is -0.490 e. The molecule has 2 aromatic rings. The Morgan fingerprint density at radius 2 is 1.68 bits per heavy atom. The van der Waals surface area contributed by atoms with Crippen molar-refractivity contribution in [2.75, 3.05) is 5.73 Å². The van der Waals surface area contributed by atoms with Gasteiger partial charge < -0.3 is 10.5 Å². The van der Waals surface area contributed by atoms with Crippen molar-refractivity contribution in [3.8, 4) is 16.9 Å². The van der Waals surface area contributed by atoms with Crippen LogP contribution in [0.15, 0.2) is 36.4 Å². The molecule has 1 aliphatic carbocycles. The summed E-state index contributed by atoms with van der Waals surface area (Å²) in [6.07, 6.45) is 2.42. The Hall–Kier alpha value is -2.10. The number of benzene rings is 2. The van der Waals surface area contributed by atoms with Gasteiger partial charge in [-0.25, -0.2) is 8.78 Å². The van der Waals surface area contributed by atoms with Gasteiger partial charge in [0.2, 0.25) is 0 Å². The molecule has 1 saturated carbocycles. The zero-order valence-corrected chi connectivity index (χ0v) is 10.2. The Morgan fingerprint density at radius 1 is 1.00 bits per heavy atom. The molecule has 2 aromatic carbocycles. The van der Waals surface area contributed by atoms with Crippen molar-refractivity contribution in [1.82, 2.24) is 0 Å². The molecule has 0 spiro atoms. The lowest BCUT2D eigenvalue weighted by Gasteiger charge is -2.08. The molecule has 0 radical (unpaired) electrons. The predicted octanol–water partition coefficient (Wildman–Crippen LogP) is 3.76. The van der Waals surface area contributed by atoms with Crippen LogP contribution in [0.25, 0.3) is 11.1 Å². The number of anilines is 1. The molecule has 2 N–H and O–H groups in total. The first-order chi connectivity index (χ1) is 9.13. The predicted molar refractivity (Wildman–Crippen MR) is 69.9 cm³/mol. The Labute approximate surface area is 109 Å². The molecule has 0 amide bonds. The molecule has 98 valence electrons. The summed E-state index contributed by atoms with van der Waals surface area (Å²) in [6.45, 7) is 0. The van der Waals surface area contributed by atoms with Gasteiger partial charge in [-0.15, -0.1) is 0 Å². The minimum atomic E-state index is -0.747. The van der Waals surface area contributed by atoms with E-state index in [-0.39, 0.29) is 6.10 Å². The van der Waals surface area contributed by atoms with Crippen LogP contribution in [0.4, 0.5) is 14.5 Å². The SMILES string of the molecule is Nc1c(F)cc(-c2cccc(OC3CC3)c2)cc1F. The van der Waals surface area contributed by atoms with Crippen LogP contribution in [0.1, 0.15) is 12.8 Å². The largest absolute Gasteiger partial charge is 0.490 e. The van der Waals surface area contributed by atoms with E-state index in [1.54, 1.807) is 18.2 Å². The van der Waals surface area contributed by atoms with E-state index in [2.05, 4.69) is 0 Å². The van der Waals surface area contributed by atoms with Crippen LogP contribution in [-0.4, -0.2) is 6.10 Å². The van der Waals surface area contributed by atoms with Gasteiger partial charge in [-0.3, -0.25) is 0 Å². The highest BCUT2D eigenvalue weighted by Gasteiger charge is 2.23. The normalized spacial score (nSPS) is 14.4. The number of nitrogen functional groups attached to an aromatic ring is 1. The number of ether oxygens (including phenoxy) is 1. The molecule has 0 heterocycles. The smallest absolute Gasteiger partial charge is 0.149 e. The number of hydrogen-bond acceptors (Lipinski definition) is 2. The van der Waals surface area contributed by atoms with E-state index in [0.717, 1.165) is 18.6 Å². The highest BCUT2D eigenvalue weighted by atomic mass is 19.1. The summed E-state index contributed by atoms with van der Waals surface area (Å²) in [4.78, 5) is 0. The third-order valence-corrected chi connectivity index (χ3v) is 3.07. The van der Waals surface area contributed by atoms with Gasteiger partial charge in [-0.05, 0) is 48.2 Å². The standard InChI is InChI=1S/C15H13F2NO/c16-13-7-10(8-14(17)15(13)18)9-2-1-3-12(6-9)19-11-4-5-11/h1-3,6-8,11H,4-5,18H2. The first-order valence-electron chi connectivity index (χ1n) is 6.15. The average molecular weight is 261 g/mol. The summed E-state index contributed by atoms with van der Waals surface area (Å²) in [6, 6.07) is 9.67. The Balaban J connectivity index is 1.96. The van der Waals surface area contributed by atoms with Gasteiger partial charge in [-0.1, -0.05) is 12.1 Å². The number of rotatable bonds is 3. The summed E-state index contributed by atoms with van der Waals surface area (Å²) in [5.74, 6) is -0.773. The second-order valence-electron chi connectivity index (χ2n) is 4.70. The van der Waals surface area contributed by atoms with Crippen molar-refractivity contribution in [2.45, 2.75) is 18.9 Å². The lowest BCUT2D eigenvalue weighted by molar-refractivity contribution is 0.303. The molecule has 0 aromatic heterocycles. The van der Waals surface area contributed by atoms with E-state index in [0.29, 0.717) is 11.1 Å². The fourth-order valence-electron chi connectivity index (χ4n) is 1.88. The molecule has 0 atom stereocenters. The van der Waals surface area contributed by atoms with Gasteiger partial charge in [-0.2, -0.15) is 0 Å². The summed E-state index contributed by atoms with van der Waals surface area (Å²) in [5, 5.41) is 0. The summed E-state index contributed by atoms with van der Waals surface area (Å²) < 4.78 is 32.6. The zero-order chi connectivity index (χ0) is 13.4. The Morgan fingerprint density at radius 3 is 2.32 bits per heavy atom. The van der Waals surface area contributed by atoms with Gasteiger partial charge >= 0.3 is 0 Å². The molecule has 0 bridgehead atoms. The first kappa shape index (κ1) is 12.0. The lowest BCUT2D eigenvalue weighted by atomic mass is 10.0. The van der Waals surface area contributed by atoms with Crippen LogP contribution in [0, 0.1) is 11.6 Å². The van der Waals surface area contributed by atoms with E-state index in [9.17, 15) is 8.78 Å². The maximum Gasteiger partial charge on any atom is 0.149 e. The van der Waals surface area contributed by atoms with Gasteiger partial charge in [0.1, 0.15) is 23.1 Å². The quantitative estimate of drug-likeness (QED) is 0.854. The third-order valence-electron chi connectivity index (χ3n) is 3.07. The molecule has 0 aliphatic heterocycles. The topological polar surface area (TPSA) is 35.2 Å². The Bertz CT molecular complexity index is 600. The van der Waals surface area contributed by atoms with Gasteiger partial charge in [0.15, 0.2) is 0 Å². The van der Waals surface area contributed by atoms with Crippen molar-refractivity contribution in [2.24, 2.45) is 0 Å². The highest BCUT2D eigenvalue weighted by molar-refractivity contribution is 5.67. The fourth-order valence-corrected chi connectivity index (χ4v) is 1.88. The van der Waals surface area contributed by atoms with Crippen molar-refractivity contribution in [3.05, 3.63) is 48.0 Å². The van der Waals surface area contributed by atoms with Crippen molar-refractivity contribution >= 4 is 5.69 Å². The van der Waals surface area contributed by atoms with E-state index < -0.39 is 17.3 Å². The van der Waals surface area contributed by atoms with Crippen LogP contribution >= 0.6 is 0 Å². The van der Waals surface area contributed by atoms with Crippen molar-refractivity contribution in [1.29, 1.82) is 0 Å². The molecule has 1 fully saturated rings. The van der Waals surface area contributed by atoms with E-state index >= 15 is 0 Å². The fraction of sp³-hybridized carbons (Fsp3) is 0.200. The van der Waals surface area contributed by atoms with Crippen molar-refractivity contribution in [3.63, 3.8) is 0 Å². The number of hydrogen-bond donors (Lipinski definition) is 1. The summed E-state index contributed by atoms with van der Waals surface area (Å²) >= 11 is 0. The molecule has 0 unspecified atom stereocenters. The van der Waals surface area contributed by atoms with E-state index in [1.165, 1.54) is 12.1 Å². The minimum absolute atomic E-state index is 0.287. The molecule has 1 aliphatic rings. The summed E-state index contributed by atoms with van der Waals surface area (Å²) in [5.41, 5.74) is 5.96. The monoisotopic (exact) mass is 261 g/mol. The zero-order valence-electron chi connectivity index (χ0n) is 10.2.